The van der Waals surface area contributed by atoms with Crippen LogP contribution < -0.4 is 5.73 Å². The number of thiophene rings is 1. The highest BCUT2D eigenvalue weighted by molar-refractivity contribution is 7.19. The van der Waals surface area contributed by atoms with Crippen molar-refractivity contribution in [1.82, 2.24) is 0 Å². The van der Waals surface area contributed by atoms with E-state index in [1.165, 1.54) is 31.7 Å². The van der Waals surface area contributed by atoms with Gasteiger partial charge in [-0.05, 0) is 48.9 Å². The van der Waals surface area contributed by atoms with E-state index in [2.05, 4.69) is 62.4 Å². The van der Waals surface area contributed by atoms with Crippen molar-refractivity contribution in [3.05, 3.63) is 70.1 Å². The highest BCUT2D eigenvalue weighted by atomic mass is 32.1. The molecule has 0 fully saturated rings. The Bertz CT molecular complexity index is 709. The molecule has 3 rings (SSSR count). The molecule has 0 aliphatic heterocycles. The molecule has 0 spiro atoms. The smallest absolute Gasteiger partial charge is 0.0431 e. The molecule has 1 heterocycles. The first-order chi connectivity index (χ1) is 9.63. The number of hydrogen-bond acceptors (Lipinski definition) is 2. The van der Waals surface area contributed by atoms with E-state index in [1.807, 2.05) is 11.3 Å². The summed E-state index contributed by atoms with van der Waals surface area (Å²) in [7, 11) is 0. The number of fused-ring (bicyclic) bond motifs is 1. The Hall–Kier alpha value is -1.64. The highest BCUT2D eigenvalue weighted by Crippen LogP contribution is 2.30. The van der Waals surface area contributed by atoms with Crippen LogP contribution in [0.1, 0.15) is 27.6 Å². The molecule has 2 heteroatoms. The Morgan fingerprint density at radius 1 is 1.05 bits per heavy atom. The molecule has 20 heavy (non-hydrogen) atoms. The minimum absolute atomic E-state index is 0.0768. The predicted molar refractivity (Wildman–Crippen MR) is 88.4 cm³/mol. The second-order valence-corrected chi connectivity index (χ2v) is 6.54. The lowest BCUT2D eigenvalue weighted by Crippen LogP contribution is -2.12. The SMILES string of the molecule is Cc1ccc(C)c(CC(N)c2cc3ccccc3s2)c1. The van der Waals surface area contributed by atoms with Crippen molar-refractivity contribution < 1.29 is 0 Å². The third-order valence-electron chi connectivity index (χ3n) is 3.75. The van der Waals surface area contributed by atoms with Crippen molar-refractivity contribution in [3.63, 3.8) is 0 Å². The number of rotatable bonds is 3. The Kier molecular flexibility index (Phi) is 3.60. The van der Waals surface area contributed by atoms with Crippen molar-refractivity contribution in [2.45, 2.75) is 26.3 Å². The summed E-state index contributed by atoms with van der Waals surface area (Å²) in [6.45, 7) is 4.29. The van der Waals surface area contributed by atoms with Gasteiger partial charge in [-0.1, -0.05) is 42.0 Å². The number of nitrogens with two attached hydrogens (primary N) is 1. The fourth-order valence-corrected chi connectivity index (χ4v) is 3.61. The topological polar surface area (TPSA) is 26.0 Å². The molecule has 0 aliphatic carbocycles. The number of hydrogen-bond donors (Lipinski definition) is 1. The molecule has 0 bridgehead atoms. The van der Waals surface area contributed by atoms with E-state index >= 15 is 0 Å². The highest BCUT2D eigenvalue weighted by Gasteiger charge is 2.12. The van der Waals surface area contributed by atoms with Crippen LogP contribution in [-0.2, 0) is 6.42 Å². The standard InChI is InChI=1S/C18H19NS/c1-12-7-8-13(2)15(9-12)10-16(19)18-11-14-5-3-4-6-17(14)20-18/h3-9,11,16H,10,19H2,1-2H3. The van der Waals surface area contributed by atoms with Gasteiger partial charge in [0.1, 0.15) is 0 Å². The van der Waals surface area contributed by atoms with Crippen molar-refractivity contribution in [2.75, 3.05) is 0 Å². The molecule has 0 saturated carbocycles. The zero-order valence-corrected chi connectivity index (χ0v) is 12.7. The fourth-order valence-electron chi connectivity index (χ4n) is 2.54. The van der Waals surface area contributed by atoms with Gasteiger partial charge in [-0.25, -0.2) is 0 Å². The van der Waals surface area contributed by atoms with Gasteiger partial charge in [0.05, 0.1) is 0 Å². The zero-order chi connectivity index (χ0) is 14.1. The van der Waals surface area contributed by atoms with Crippen molar-refractivity contribution in [3.8, 4) is 0 Å². The lowest BCUT2D eigenvalue weighted by atomic mass is 9.98. The Morgan fingerprint density at radius 2 is 1.85 bits per heavy atom. The molecule has 2 aromatic carbocycles. The third kappa shape index (κ3) is 2.62. The van der Waals surface area contributed by atoms with Crippen LogP contribution in [0.25, 0.3) is 10.1 Å². The summed E-state index contributed by atoms with van der Waals surface area (Å²) in [6, 6.07) is 17.4. The Balaban J connectivity index is 1.88. The van der Waals surface area contributed by atoms with Gasteiger partial charge in [0, 0.05) is 15.6 Å². The largest absolute Gasteiger partial charge is 0.323 e. The summed E-state index contributed by atoms with van der Waals surface area (Å²) in [6.07, 6.45) is 0.903. The Labute approximate surface area is 124 Å². The molecule has 1 unspecified atom stereocenters. The van der Waals surface area contributed by atoms with E-state index in [9.17, 15) is 0 Å². The maximum atomic E-state index is 6.42. The van der Waals surface area contributed by atoms with Crippen LogP contribution in [0.15, 0.2) is 48.5 Å². The molecular formula is C18H19NS. The van der Waals surface area contributed by atoms with Gasteiger partial charge < -0.3 is 5.73 Å². The summed E-state index contributed by atoms with van der Waals surface area (Å²) < 4.78 is 1.32. The van der Waals surface area contributed by atoms with Crippen LogP contribution in [0.3, 0.4) is 0 Å². The second kappa shape index (κ2) is 5.39. The summed E-state index contributed by atoms with van der Waals surface area (Å²) in [4.78, 5) is 1.27. The van der Waals surface area contributed by atoms with Crippen LogP contribution in [0.2, 0.25) is 0 Å². The fraction of sp³-hybridized carbons (Fsp3) is 0.222. The number of benzene rings is 2. The van der Waals surface area contributed by atoms with E-state index in [-0.39, 0.29) is 6.04 Å². The van der Waals surface area contributed by atoms with Crippen LogP contribution in [0.5, 0.6) is 0 Å². The van der Waals surface area contributed by atoms with Gasteiger partial charge in [-0.15, -0.1) is 11.3 Å². The Morgan fingerprint density at radius 3 is 2.65 bits per heavy atom. The molecule has 1 nitrogen and oxygen atoms in total. The summed E-state index contributed by atoms with van der Waals surface area (Å²) >= 11 is 1.81. The first-order valence-electron chi connectivity index (χ1n) is 6.93. The third-order valence-corrected chi connectivity index (χ3v) is 5.00. The van der Waals surface area contributed by atoms with Gasteiger partial charge in [0.2, 0.25) is 0 Å². The first-order valence-corrected chi connectivity index (χ1v) is 7.75. The maximum Gasteiger partial charge on any atom is 0.0431 e. The minimum atomic E-state index is 0.0768. The minimum Gasteiger partial charge on any atom is -0.323 e. The maximum absolute atomic E-state index is 6.42. The predicted octanol–water partition coefficient (Wildman–Crippen LogP) is 4.76. The zero-order valence-electron chi connectivity index (χ0n) is 11.9. The molecule has 1 aromatic heterocycles. The molecular weight excluding hydrogens is 262 g/mol. The normalized spacial score (nSPS) is 12.8. The lowest BCUT2D eigenvalue weighted by Gasteiger charge is -2.12. The average Bonchev–Trinajstić information content (AvgIpc) is 2.87. The van der Waals surface area contributed by atoms with E-state index in [0.717, 1.165) is 6.42 Å². The summed E-state index contributed by atoms with van der Waals surface area (Å²) in [5.74, 6) is 0. The average molecular weight is 281 g/mol. The molecule has 0 aliphatic rings. The van der Waals surface area contributed by atoms with Crippen molar-refractivity contribution in [2.24, 2.45) is 5.73 Å². The van der Waals surface area contributed by atoms with Gasteiger partial charge in [-0.2, -0.15) is 0 Å². The first kappa shape index (κ1) is 13.3. The molecule has 102 valence electrons. The van der Waals surface area contributed by atoms with Crippen molar-refractivity contribution in [1.29, 1.82) is 0 Å². The van der Waals surface area contributed by atoms with E-state index in [0.29, 0.717) is 0 Å². The second-order valence-electron chi connectivity index (χ2n) is 5.43. The van der Waals surface area contributed by atoms with E-state index in [4.69, 9.17) is 5.73 Å². The van der Waals surface area contributed by atoms with E-state index < -0.39 is 0 Å². The molecule has 0 saturated heterocycles. The quantitative estimate of drug-likeness (QED) is 0.736. The molecule has 0 radical (unpaired) electrons. The van der Waals surface area contributed by atoms with Crippen molar-refractivity contribution >= 4 is 21.4 Å². The molecule has 3 aromatic rings. The molecule has 2 N–H and O–H groups in total. The van der Waals surface area contributed by atoms with Crippen LogP contribution >= 0.6 is 11.3 Å². The summed E-state index contributed by atoms with van der Waals surface area (Å²) in [5.41, 5.74) is 10.4. The van der Waals surface area contributed by atoms with Gasteiger partial charge >= 0.3 is 0 Å². The van der Waals surface area contributed by atoms with Crippen LogP contribution in [0, 0.1) is 13.8 Å². The lowest BCUT2D eigenvalue weighted by molar-refractivity contribution is 0.733. The van der Waals surface area contributed by atoms with Gasteiger partial charge in [-0.3, -0.25) is 0 Å². The molecule has 0 amide bonds. The van der Waals surface area contributed by atoms with Gasteiger partial charge in [0.15, 0.2) is 0 Å². The molecule has 1 atom stereocenters. The van der Waals surface area contributed by atoms with Crippen LogP contribution in [-0.4, -0.2) is 0 Å². The number of aryl methyl sites for hydroxylation is 2. The van der Waals surface area contributed by atoms with E-state index in [1.54, 1.807) is 0 Å². The summed E-state index contributed by atoms with van der Waals surface area (Å²) in [5, 5.41) is 1.30. The van der Waals surface area contributed by atoms with Gasteiger partial charge in [0.25, 0.3) is 0 Å². The monoisotopic (exact) mass is 281 g/mol. The van der Waals surface area contributed by atoms with Crippen LogP contribution in [0.4, 0.5) is 0 Å².